The molecule has 1 amide bonds. The summed E-state index contributed by atoms with van der Waals surface area (Å²) in [6, 6.07) is 16.6. The van der Waals surface area contributed by atoms with Crippen molar-refractivity contribution in [3.8, 4) is 0 Å². The molecule has 0 saturated carbocycles. The summed E-state index contributed by atoms with van der Waals surface area (Å²) in [5.74, 6) is -0.0977. The zero-order valence-corrected chi connectivity index (χ0v) is 17.9. The van der Waals surface area contributed by atoms with Gasteiger partial charge in [0.15, 0.2) is 0 Å². The number of nitrogens with one attached hydrogen (secondary N) is 2. The fraction of sp³-hybridized carbons (Fsp3) is 0.409. The molecule has 1 heterocycles. The SMILES string of the molecule is CC(C)S(=O)(=O)NC1CCN(C)CC1c1ccc(NC(=O)c2ccccc2)cc1. The molecule has 0 aromatic heterocycles. The fourth-order valence-electron chi connectivity index (χ4n) is 3.55. The number of sulfonamides is 1. The van der Waals surface area contributed by atoms with Crippen LogP contribution in [0.1, 0.15) is 42.1 Å². The number of rotatable bonds is 6. The molecule has 0 radical (unpaired) electrons. The van der Waals surface area contributed by atoms with Gasteiger partial charge in [0.25, 0.3) is 5.91 Å². The monoisotopic (exact) mass is 415 g/mol. The minimum Gasteiger partial charge on any atom is -0.322 e. The number of amides is 1. The number of carbonyl (C=O) groups is 1. The second kappa shape index (κ2) is 9.07. The Morgan fingerprint density at radius 3 is 2.34 bits per heavy atom. The van der Waals surface area contributed by atoms with Gasteiger partial charge in [-0.2, -0.15) is 0 Å². The second-order valence-corrected chi connectivity index (χ2v) is 10.2. The van der Waals surface area contributed by atoms with E-state index < -0.39 is 15.3 Å². The zero-order valence-electron chi connectivity index (χ0n) is 17.1. The van der Waals surface area contributed by atoms with E-state index in [4.69, 9.17) is 0 Å². The summed E-state index contributed by atoms with van der Waals surface area (Å²) in [6.45, 7) is 5.01. The Morgan fingerprint density at radius 1 is 1.07 bits per heavy atom. The molecule has 2 aromatic carbocycles. The van der Waals surface area contributed by atoms with Crippen molar-refractivity contribution in [3.63, 3.8) is 0 Å². The first-order valence-electron chi connectivity index (χ1n) is 9.92. The molecule has 29 heavy (non-hydrogen) atoms. The first-order chi connectivity index (χ1) is 13.8. The van der Waals surface area contributed by atoms with Gasteiger partial charge in [0.2, 0.25) is 10.0 Å². The lowest BCUT2D eigenvalue weighted by atomic mass is 9.86. The molecule has 156 valence electrons. The van der Waals surface area contributed by atoms with Crippen LogP contribution in [0.2, 0.25) is 0 Å². The summed E-state index contributed by atoms with van der Waals surface area (Å²) >= 11 is 0. The minimum atomic E-state index is -3.34. The van der Waals surface area contributed by atoms with Crippen LogP contribution in [0.25, 0.3) is 0 Å². The van der Waals surface area contributed by atoms with E-state index in [-0.39, 0.29) is 17.9 Å². The summed E-state index contributed by atoms with van der Waals surface area (Å²) in [5.41, 5.74) is 2.38. The van der Waals surface area contributed by atoms with Crippen molar-refractivity contribution in [2.75, 3.05) is 25.5 Å². The molecule has 7 heteroatoms. The van der Waals surface area contributed by atoms with Crippen molar-refractivity contribution in [1.82, 2.24) is 9.62 Å². The molecule has 2 N–H and O–H groups in total. The molecule has 3 rings (SSSR count). The predicted molar refractivity (Wildman–Crippen MR) is 117 cm³/mol. The highest BCUT2D eigenvalue weighted by Crippen LogP contribution is 2.29. The molecular formula is C22H29N3O3S. The van der Waals surface area contributed by atoms with Crippen LogP contribution in [0, 0.1) is 0 Å². The highest BCUT2D eigenvalue weighted by molar-refractivity contribution is 7.90. The van der Waals surface area contributed by atoms with Gasteiger partial charge in [-0.15, -0.1) is 0 Å². The number of benzene rings is 2. The van der Waals surface area contributed by atoms with Gasteiger partial charge in [0.05, 0.1) is 5.25 Å². The van der Waals surface area contributed by atoms with E-state index in [0.29, 0.717) is 11.3 Å². The van der Waals surface area contributed by atoms with Crippen LogP contribution in [0.15, 0.2) is 54.6 Å². The van der Waals surface area contributed by atoms with Gasteiger partial charge < -0.3 is 10.2 Å². The molecule has 1 aliphatic rings. The van der Waals surface area contributed by atoms with Crippen molar-refractivity contribution in [1.29, 1.82) is 0 Å². The maximum absolute atomic E-state index is 12.4. The van der Waals surface area contributed by atoms with Crippen molar-refractivity contribution >= 4 is 21.6 Å². The van der Waals surface area contributed by atoms with E-state index in [1.54, 1.807) is 26.0 Å². The molecule has 2 unspecified atom stereocenters. The number of anilines is 1. The van der Waals surface area contributed by atoms with E-state index in [2.05, 4.69) is 22.0 Å². The smallest absolute Gasteiger partial charge is 0.255 e. The van der Waals surface area contributed by atoms with Crippen LogP contribution in [-0.2, 0) is 10.0 Å². The van der Waals surface area contributed by atoms with Crippen molar-refractivity contribution < 1.29 is 13.2 Å². The molecule has 1 aliphatic heterocycles. The Morgan fingerprint density at radius 2 is 1.72 bits per heavy atom. The van der Waals surface area contributed by atoms with Gasteiger partial charge in [0.1, 0.15) is 0 Å². The Bertz CT molecular complexity index is 928. The van der Waals surface area contributed by atoms with Crippen LogP contribution in [0.4, 0.5) is 5.69 Å². The third-order valence-electron chi connectivity index (χ3n) is 5.38. The average molecular weight is 416 g/mol. The quantitative estimate of drug-likeness (QED) is 0.760. The van der Waals surface area contributed by atoms with Crippen LogP contribution in [-0.4, -0.2) is 50.7 Å². The van der Waals surface area contributed by atoms with Gasteiger partial charge in [-0.05, 0) is 63.7 Å². The summed E-state index contributed by atoms with van der Waals surface area (Å²) in [7, 11) is -1.29. The largest absolute Gasteiger partial charge is 0.322 e. The zero-order chi connectivity index (χ0) is 21.0. The normalized spacial score (nSPS) is 20.6. The van der Waals surface area contributed by atoms with Crippen molar-refractivity contribution in [2.24, 2.45) is 0 Å². The average Bonchev–Trinajstić information content (AvgIpc) is 2.70. The van der Waals surface area contributed by atoms with Crippen LogP contribution < -0.4 is 10.0 Å². The molecule has 2 atom stereocenters. The predicted octanol–water partition coefficient (Wildman–Crippen LogP) is 3.05. The van der Waals surface area contributed by atoms with Gasteiger partial charge in [-0.25, -0.2) is 13.1 Å². The summed E-state index contributed by atoms with van der Waals surface area (Å²) in [4.78, 5) is 14.5. The molecule has 0 spiro atoms. The lowest BCUT2D eigenvalue weighted by molar-refractivity contribution is 0.102. The maximum Gasteiger partial charge on any atom is 0.255 e. The Labute approximate surface area is 173 Å². The van der Waals surface area contributed by atoms with Gasteiger partial charge in [0, 0.05) is 29.8 Å². The Hall–Kier alpha value is -2.22. The van der Waals surface area contributed by atoms with Gasteiger partial charge in [-0.1, -0.05) is 30.3 Å². The molecular weight excluding hydrogens is 386 g/mol. The number of hydrogen-bond acceptors (Lipinski definition) is 4. The van der Waals surface area contributed by atoms with Crippen molar-refractivity contribution in [3.05, 3.63) is 65.7 Å². The molecule has 1 fully saturated rings. The standard InChI is InChI=1S/C22H29N3O3S/c1-16(2)29(27,28)24-21-13-14-25(3)15-20(21)17-9-11-19(12-10-17)23-22(26)18-7-5-4-6-8-18/h4-12,16,20-21,24H,13-15H2,1-3H3,(H,23,26). The third kappa shape index (κ3) is 5.44. The maximum atomic E-state index is 12.4. The van der Waals surface area contributed by atoms with E-state index in [1.165, 1.54) is 0 Å². The first kappa shape index (κ1) is 21.5. The van der Waals surface area contributed by atoms with E-state index in [1.807, 2.05) is 42.5 Å². The molecule has 6 nitrogen and oxygen atoms in total. The van der Waals surface area contributed by atoms with E-state index in [0.717, 1.165) is 25.1 Å². The summed E-state index contributed by atoms with van der Waals surface area (Å²) in [5, 5.41) is 2.44. The highest BCUT2D eigenvalue weighted by atomic mass is 32.2. The number of likely N-dealkylation sites (tertiary alicyclic amines) is 1. The molecule has 1 saturated heterocycles. The van der Waals surface area contributed by atoms with Crippen molar-refractivity contribution in [2.45, 2.75) is 37.5 Å². The summed E-state index contributed by atoms with van der Waals surface area (Å²) < 4.78 is 27.7. The Balaban J connectivity index is 1.74. The molecule has 0 bridgehead atoms. The van der Waals surface area contributed by atoms with E-state index in [9.17, 15) is 13.2 Å². The van der Waals surface area contributed by atoms with Crippen LogP contribution in [0.3, 0.4) is 0 Å². The fourth-order valence-corrected chi connectivity index (χ4v) is 4.52. The topological polar surface area (TPSA) is 78.5 Å². The second-order valence-electron chi connectivity index (χ2n) is 7.92. The lowest BCUT2D eigenvalue weighted by Crippen LogP contribution is -2.50. The number of carbonyl (C=O) groups excluding carboxylic acids is 1. The molecule has 2 aromatic rings. The van der Waals surface area contributed by atoms with Crippen LogP contribution >= 0.6 is 0 Å². The van der Waals surface area contributed by atoms with Gasteiger partial charge in [-0.3, -0.25) is 4.79 Å². The lowest BCUT2D eigenvalue weighted by Gasteiger charge is -2.37. The molecule has 0 aliphatic carbocycles. The summed E-state index contributed by atoms with van der Waals surface area (Å²) in [6.07, 6.45) is 0.764. The van der Waals surface area contributed by atoms with Crippen LogP contribution in [0.5, 0.6) is 0 Å². The number of nitrogens with zero attached hydrogens (tertiary/aromatic N) is 1. The first-order valence-corrected chi connectivity index (χ1v) is 11.5. The highest BCUT2D eigenvalue weighted by Gasteiger charge is 2.32. The number of likely N-dealkylation sites (N-methyl/N-ethyl adjacent to an activating group) is 1. The van der Waals surface area contributed by atoms with Gasteiger partial charge >= 0.3 is 0 Å². The minimum absolute atomic E-state index is 0.0566. The Kier molecular flexibility index (Phi) is 6.72. The number of hydrogen-bond donors (Lipinski definition) is 2. The third-order valence-corrected chi connectivity index (χ3v) is 7.26. The number of piperidine rings is 1. The van der Waals surface area contributed by atoms with E-state index >= 15 is 0 Å².